The van der Waals surface area contributed by atoms with Gasteiger partial charge < -0.3 is 5.32 Å². The quantitative estimate of drug-likeness (QED) is 0.819. The standard InChI is InChI=1S/C14H19BrClN/c1-2-17-13(7-10-3-4-10)8-11-5-6-12(15)9-14(11)16/h5-6,9-10,13,17H,2-4,7-8H2,1H3. The highest BCUT2D eigenvalue weighted by Crippen LogP contribution is 2.34. The summed E-state index contributed by atoms with van der Waals surface area (Å²) >= 11 is 9.71. The van der Waals surface area contributed by atoms with Gasteiger partial charge >= 0.3 is 0 Å². The molecular formula is C14H19BrClN. The molecule has 0 aromatic heterocycles. The predicted molar refractivity (Wildman–Crippen MR) is 77.7 cm³/mol. The minimum Gasteiger partial charge on any atom is -0.314 e. The summed E-state index contributed by atoms with van der Waals surface area (Å²) in [5.41, 5.74) is 1.25. The van der Waals surface area contributed by atoms with Crippen LogP contribution in [0.4, 0.5) is 0 Å². The van der Waals surface area contributed by atoms with Gasteiger partial charge in [0.2, 0.25) is 0 Å². The lowest BCUT2D eigenvalue weighted by atomic mass is 10.0. The lowest BCUT2D eigenvalue weighted by Gasteiger charge is -2.18. The summed E-state index contributed by atoms with van der Waals surface area (Å²) in [7, 11) is 0. The number of hydrogen-bond acceptors (Lipinski definition) is 1. The number of benzene rings is 1. The zero-order valence-electron chi connectivity index (χ0n) is 10.2. The molecule has 0 heterocycles. The van der Waals surface area contributed by atoms with E-state index >= 15 is 0 Å². The molecule has 1 aliphatic rings. The Morgan fingerprint density at radius 2 is 2.24 bits per heavy atom. The van der Waals surface area contributed by atoms with E-state index in [1.807, 2.05) is 6.07 Å². The van der Waals surface area contributed by atoms with Crippen molar-refractivity contribution < 1.29 is 0 Å². The van der Waals surface area contributed by atoms with Gasteiger partial charge in [0.05, 0.1) is 0 Å². The molecule has 0 bridgehead atoms. The van der Waals surface area contributed by atoms with Gasteiger partial charge in [0.1, 0.15) is 0 Å². The smallest absolute Gasteiger partial charge is 0.0449 e. The van der Waals surface area contributed by atoms with Crippen molar-refractivity contribution in [2.24, 2.45) is 5.92 Å². The van der Waals surface area contributed by atoms with Crippen molar-refractivity contribution in [3.05, 3.63) is 33.3 Å². The molecule has 1 aromatic carbocycles. The highest BCUT2D eigenvalue weighted by molar-refractivity contribution is 9.10. The average Bonchev–Trinajstić information content (AvgIpc) is 3.06. The van der Waals surface area contributed by atoms with E-state index in [-0.39, 0.29) is 0 Å². The maximum Gasteiger partial charge on any atom is 0.0449 e. The molecule has 17 heavy (non-hydrogen) atoms. The Balaban J connectivity index is 1.99. The van der Waals surface area contributed by atoms with E-state index in [9.17, 15) is 0 Å². The summed E-state index contributed by atoms with van der Waals surface area (Å²) in [6, 6.07) is 6.76. The van der Waals surface area contributed by atoms with E-state index in [1.54, 1.807) is 0 Å². The van der Waals surface area contributed by atoms with Crippen LogP contribution in [0.5, 0.6) is 0 Å². The largest absolute Gasteiger partial charge is 0.314 e. The second-order valence-corrected chi connectivity index (χ2v) is 6.20. The first-order chi connectivity index (χ1) is 8.19. The Morgan fingerprint density at radius 3 is 2.82 bits per heavy atom. The van der Waals surface area contributed by atoms with Gasteiger partial charge in [0, 0.05) is 15.5 Å². The molecule has 1 atom stereocenters. The molecule has 1 N–H and O–H groups in total. The third kappa shape index (κ3) is 4.27. The van der Waals surface area contributed by atoms with Crippen LogP contribution in [0.2, 0.25) is 5.02 Å². The lowest BCUT2D eigenvalue weighted by Crippen LogP contribution is -2.31. The first-order valence-corrected chi connectivity index (χ1v) is 7.53. The fraction of sp³-hybridized carbons (Fsp3) is 0.571. The summed E-state index contributed by atoms with van der Waals surface area (Å²) in [6.45, 7) is 3.20. The van der Waals surface area contributed by atoms with E-state index in [0.29, 0.717) is 6.04 Å². The van der Waals surface area contributed by atoms with Gasteiger partial charge in [0.15, 0.2) is 0 Å². The molecule has 1 fully saturated rings. The molecule has 1 nitrogen and oxygen atoms in total. The second kappa shape index (κ2) is 6.21. The topological polar surface area (TPSA) is 12.0 Å². The summed E-state index contributed by atoms with van der Waals surface area (Å²) < 4.78 is 1.05. The Bertz CT molecular complexity index is 376. The van der Waals surface area contributed by atoms with Crippen molar-refractivity contribution in [3.8, 4) is 0 Å². The Morgan fingerprint density at radius 1 is 1.47 bits per heavy atom. The Hall–Kier alpha value is -0.0500. The van der Waals surface area contributed by atoms with Crippen LogP contribution in [-0.4, -0.2) is 12.6 Å². The highest BCUT2D eigenvalue weighted by Gasteiger charge is 2.25. The molecule has 2 rings (SSSR count). The van der Waals surface area contributed by atoms with Crippen molar-refractivity contribution in [2.75, 3.05) is 6.54 Å². The third-order valence-corrected chi connectivity index (χ3v) is 4.13. The average molecular weight is 317 g/mol. The van der Waals surface area contributed by atoms with Gasteiger partial charge in [-0.3, -0.25) is 0 Å². The molecule has 1 saturated carbocycles. The summed E-state index contributed by atoms with van der Waals surface area (Å²) in [6.07, 6.45) is 5.16. The van der Waals surface area contributed by atoms with Crippen LogP contribution in [0.25, 0.3) is 0 Å². The minimum atomic E-state index is 0.575. The molecule has 1 aliphatic carbocycles. The summed E-state index contributed by atoms with van der Waals surface area (Å²) in [5, 5.41) is 4.45. The molecule has 0 saturated heterocycles. The van der Waals surface area contributed by atoms with E-state index in [2.05, 4.69) is 40.3 Å². The number of rotatable bonds is 6. The van der Waals surface area contributed by atoms with E-state index in [0.717, 1.165) is 28.4 Å². The first kappa shape index (κ1) is 13.4. The minimum absolute atomic E-state index is 0.575. The maximum atomic E-state index is 6.27. The van der Waals surface area contributed by atoms with Crippen molar-refractivity contribution >= 4 is 27.5 Å². The fourth-order valence-electron chi connectivity index (χ4n) is 2.24. The fourth-order valence-corrected chi connectivity index (χ4v) is 2.99. The predicted octanol–water partition coefficient (Wildman–Crippen LogP) is 4.42. The van der Waals surface area contributed by atoms with Gasteiger partial charge in [-0.2, -0.15) is 0 Å². The van der Waals surface area contributed by atoms with Gasteiger partial charge in [0.25, 0.3) is 0 Å². The maximum absolute atomic E-state index is 6.27. The van der Waals surface area contributed by atoms with E-state index in [4.69, 9.17) is 11.6 Å². The highest BCUT2D eigenvalue weighted by atomic mass is 79.9. The van der Waals surface area contributed by atoms with E-state index in [1.165, 1.54) is 24.8 Å². The Labute approximate surface area is 117 Å². The normalized spacial score (nSPS) is 17.1. The van der Waals surface area contributed by atoms with Gasteiger partial charge in [-0.15, -0.1) is 0 Å². The molecule has 0 spiro atoms. The van der Waals surface area contributed by atoms with E-state index < -0.39 is 0 Å². The zero-order chi connectivity index (χ0) is 12.3. The Kier molecular flexibility index (Phi) is 4.89. The first-order valence-electron chi connectivity index (χ1n) is 6.36. The van der Waals surface area contributed by atoms with Crippen LogP contribution in [0.15, 0.2) is 22.7 Å². The van der Waals surface area contributed by atoms with Gasteiger partial charge in [-0.05, 0) is 43.0 Å². The number of nitrogens with one attached hydrogen (secondary N) is 1. The number of halogens is 2. The number of hydrogen-bond donors (Lipinski definition) is 1. The van der Waals surface area contributed by atoms with Gasteiger partial charge in [-0.1, -0.05) is 53.4 Å². The van der Waals surface area contributed by atoms with Crippen molar-refractivity contribution in [1.82, 2.24) is 5.32 Å². The number of likely N-dealkylation sites (N-methyl/N-ethyl adjacent to an activating group) is 1. The molecule has 1 unspecified atom stereocenters. The zero-order valence-corrected chi connectivity index (χ0v) is 12.5. The van der Waals surface area contributed by atoms with Crippen LogP contribution >= 0.6 is 27.5 Å². The summed E-state index contributed by atoms with van der Waals surface area (Å²) in [4.78, 5) is 0. The van der Waals surface area contributed by atoms with Crippen molar-refractivity contribution in [1.29, 1.82) is 0 Å². The molecule has 0 amide bonds. The lowest BCUT2D eigenvalue weighted by molar-refractivity contribution is 0.466. The molecule has 0 radical (unpaired) electrons. The third-order valence-electron chi connectivity index (χ3n) is 3.29. The molecular weight excluding hydrogens is 298 g/mol. The monoisotopic (exact) mass is 315 g/mol. The molecule has 0 aliphatic heterocycles. The molecule has 3 heteroatoms. The summed E-state index contributed by atoms with van der Waals surface area (Å²) in [5.74, 6) is 0.952. The SMILES string of the molecule is CCNC(Cc1ccc(Br)cc1Cl)CC1CC1. The van der Waals surface area contributed by atoms with Crippen molar-refractivity contribution in [3.63, 3.8) is 0 Å². The van der Waals surface area contributed by atoms with Crippen LogP contribution in [0, 0.1) is 5.92 Å². The van der Waals surface area contributed by atoms with Gasteiger partial charge in [-0.25, -0.2) is 0 Å². The van der Waals surface area contributed by atoms with Crippen molar-refractivity contribution in [2.45, 2.75) is 38.6 Å². The van der Waals surface area contributed by atoms with Crippen LogP contribution in [-0.2, 0) is 6.42 Å². The molecule has 94 valence electrons. The van der Waals surface area contributed by atoms with Crippen LogP contribution in [0.1, 0.15) is 31.7 Å². The second-order valence-electron chi connectivity index (χ2n) is 4.87. The van der Waals surface area contributed by atoms with Crippen LogP contribution in [0.3, 0.4) is 0 Å². The molecule has 1 aromatic rings. The van der Waals surface area contributed by atoms with Crippen LogP contribution < -0.4 is 5.32 Å².